The van der Waals surface area contributed by atoms with Crippen LogP contribution in [0, 0.1) is 0 Å². The first kappa shape index (κ1) is 14.1. The van der Waals surface area contributed by atoms with Gasteiger partial charge in [0.05, 0.1) is 12.1 Å². The number of carbonyl (C=O) groups excluding carboxylic acids is 2. The van der Waals surface area contributed by atoms with Crippen LogP contribution in [-0.2, 0) is 16.0 Å². The van der Waals surface area contributed by atoms with Crippen LogP contribution in [0.2, 0.25) is 0 Å². The highest BCUT2D eigenvalue weighted by Gasteiger charge is 2.25. The SMILES string of the molecule is N[C@@H](Cc1ccc(O)c(O)c1)C(=O)NC1CNC(=O)C1. The third kappa shape index (κ3) is 3.39. The number of aromatic hydroxyl groups is 2. The van der Waals surface area contributed by atoms with Crippen molar-refractivity contribution in [3.63, 3.8) is 0 Å². The first-order valence-electron chi connectivity index (χ1n) is 6.29. The van der Waals surface area contributed by atoms with Gasteiger partial charge in [0.25, 0.3) is 0 Å². The molecule has 0 aliphatic carbocycles. The zero-order chi connectivity index (χ0) is 14.7. The van der Waals surface area contributed by atoms with Crippen LogP contribution >= 0.6 is 0 Å². The van der Waals surface area contributed by atoms with Crippen LogP contribution in [0.25, 0.3) is 0 Å². The van der Waals surface area contributed by atoms with Crippen LogP contribution in [0.15, 0.2) is 18.2 Å². The molecule has 0 aromatic heterocycles. The Hall–Kier alpha value is -2.28. The molecule has 1 fully saturated rings. The minimum atomic E-state index is -0.783. The Kier molecular flexibility index (Phi) is 4.09. The summed E-state index contributed by atoms with van der Waals surface area (Å²) in [4.78, 5) is 22.9. The van der Waals surface area contributed by atoms with E-state index in [1.54, 1.807) is 6.07 Å². The number of phenols is 2. The minimum Gasteiger partial charge on any atom is -0.504 e. The maximum atomic E-state index is 11.9. The Morgan fingerprint density at radius 3 is 2.80 bits per heavy atom. The molecule has 1 saturated heterocycles. The van der Waals surface area contributed by atoms with Crippen molar-refractivity contribution < 1.29 is 19.8 Å². The van der Waals surface area contributed by atoms with E-state index in [0.29, 0.717) is 12.1 Å². The van der Waals surface area contributed by atoms with Gasteiger partial charge >= 0.3 is 0 Å². The number of hydrogen-bond acceptors (Lipinski definition) is 5. The number of amides is 2. The largest absolute Gasteiger partial charge is 0.504 e. The summed E-state index contributed by atoms with van der Waals surface area (Å²) in [6.07, 6.45) is 0.492. The Bertz CT molecular complexity index is 532. The monoisotopic (exact) mass is 279 g/mol. The van der Waals surface area contributed by atoms with Gasteiger partial charge < -0.3 is 26.6 Å². The number of phenolic OH excluding ortho intramolecular Hbond substituents is 2. The fourth-order valence-corrected chi connectivity index (χ4v) is 2.06. The third-order valence-electron chi connectivity index (χ3n) is 3.16. The molecule has 2 amide bonds. The Labute approximate surface area is 115 Å². The van der Waals surface area contributed by atoms with Gasteiger partial charge in [-0.2, -0.15) is 0 Å². The molecule has 0 spiro atoms. The van der Waals surface area contributed by atoms with Crippen LogP contribution in [0.5, 0.6) is 11.5 Å². The summed E-state index contributed by atoms with van der Waals surface area (Å²) in [5.74, 6) is -0.908. The molecule has 0 bridgehead atoms. The summed E-state index contributed by atoms with van der Waals surface area (Å²) in [5, 5.41) is 23.9. The molecule has 0 radical (unpaired) electrons. The average Bonchev–Trinajstić information content (AvgIpc) is 2.79. The van der Waals surface area contributed by atoms with E-state index in [0.717, 1.165) is 0 Å². The van der Waals surface area contributed by atoms with Gasteiger partial charge in [0.2, 0.25) is 11.8 Å². The number of benzene rings is 1. The van der Waals surface area contributed by atoms with Crippen LogP contribution in [-0.4, -0.2) is 40.7 Å². The molecule has 7 heteroatoms. The quantitative estimate of drug-likeness (QED) is 0.451. The van der Waals surface area contributed by atoms with Gasteiger partial charge in [-0.25, -0.2) is 0 Å². The lowest BCUT2D eigenvalue weighted by molar-refractivity contribution is -0.123. The maximum absolute atomic E-state index is 11.9. The molecule has 2 atom stereocenters. The highest BCUT2D eigenvalue weighted by atomic mass is 16.3. The average molecular weight is 279 g/mol. The van der Waals surface area contributed by atoms with E-state index in [9.17, 15) is 19.8 Å². The number of rotatable bonds is 4. The summed E-state index contributed by atoms with van der Waals surface area (Å²) in [6, 6.07) is 3.28. The van der Waals surface area contributed by atoms with Gasteiger partial charge in [-0.05, 0) is 24.1 Å². The lowest BCUT2D eigenvalue weighted by Crippen LogP contribution is -2.47. The predicted molar refractivity (Wildman–Crippen MR) is 71.0 cm³/mol. The van der Waals surface area contributed by atoms with Crippen molar-refractivity contribution in [2.24, 2.45) is 5.73 Å². The van der Waals surface area contributed by atoms with Gasteiger partial charge in [-0.3, -0.25) is 9.59 Å². The molecular formula is C13H17N3O4. The van der Waals surface area contributed by atoms with E-state index < -0.39 is 6.04 Å². The Morgan fingerprint density at radius 2 is 2.20 bits per heavy atom. The molecule has 1 unspecified atom stereocenters. The minimum absolute atomic E-state index is 0.0904. The lowest BCUT2D eigenvalue weighted by Gasteiger charge is -2.15. The molecular weight excluding hydrogens is 262 g/mol. The van der Waals surface area contributed by atoms with Crippen molar-refractivity contribution in [1.82, 2.24) is 10.6 Å². The summed E-state index contributed by atoms with van der Waals surface area (Å²) in [6.45, 7) is 0.414. The van der Waals surface area contributed by atoms with Crippen LogP contribution < -0.4 is 16.4 Å². The molecule has 2 rings (SSSR count). The van der Waals surface area contributed by atoms with Crippen LogP contribution in [0.3, 0.4) is 0 Å². The molecule has 6 N–H and O–H groups in total. The zero-order valence-corrected chi connectivity index (χ0v) is 10.8. The fourth-order valence-electron chi connectivity index (χ4n) is 2.06. The van der Waals surface area contributed by atoms with Gasteiger partial charge in [0, 0.05) is 13.0 Å². The summed E-state index contributed by atoms with van der Waals surface area (Å²) >= 11 is 0. The molecule has 1 aromatic carbocycles. The number of hydrogen-bond donors (Lipinski definition) is 5. The highest BCUT2D eigenvalue weighted by molar-refractivity contribution is 5.84. The first-order chi connectivity index (χ1) is 9.45. The number of nitrogens with two attached hydrogens (primary N) is 1. The van der Waals surface area contributed by atoms with Crippen molar-refractivity contribution in [1.29, 1.82) is 0 Å². The van der Waals surface area contributed by atoms with Crippen molar-refractivity contribution in [2.45, 2.75) is 24.9 Å². The predicted octanol–water partition coefficient (Wildman–Crippen LogP) is -1.03. The Balaban J connectivity index is 1.90. The van der Waals surface area contributed by atoms with Gasteiger partial charge in [0.1, 0.15) is 0 Å². The molecule has 108 valence electrons. The molecule has 1 heterocycles. The third-order valence-corrected chi connectivity index (χ3v) is 3.16. The van der Waals surface area contributed by atoms with Crippen LogP contribution in [0.4, 0.5) is 0 Å². The van der Waals surface area contributed by atoms with Crippen molar-refractivity contribution in [3.8, 4) is 11.5 Å². The number of nitrogens with one attached hydrogen (secondary N) is 2. The molecule has 20 heavy (non-hydrogen) atoms. The molecule has 1 aromatic rings. The van der Waals surface area contributed by atoms with Gasteiger partial charge in [-0.15, -0.1) is 0 Å². The summed E-state index contributed by atoms with van der Waals surface area (Å²) in [5.41, 5.74) is 6.43. The molecule has 1 aliphatic rings. The van der Waals surface area contributed by atoms with Gasteiger partial charge in [-0.1, -0.05) is 6.07 Å². The normalized spacial score (nSPS) is 19.4. The van der Waals surface area contributed by atoms with Crippen molar-refractivity contribution >= 4 is 11.8 Å². The molecule has 1 aliphatic heterocycles. The molecule has 7 nitrogen and oxygen atoms in total. The second-order valence-corrected chi connectivity index (χ2v) is 4.85. The zero-order valence-electron chi connectivity index (χ0n) is 10.8. The fraction of sp³-hybridized carbons (Fsp3) is 0.385. The van der Waals surface area contributed by atoms with E-state index in [2.05, 4.69) is 10.6 Å². The topological polar surface area (TPSA) is 125 Å². The van der Waals surface area contributed by atoms with E-state index in [1.165, 1.54) is 12.1 Å². The smallest absolute Gasteiger partial charge is 0.237 e. The highest BCUT2D eigenvalue weighted by Crippen LogP contribution is 2.25. The van der Waals surface area contributed by atoms with E-state index in [1.807, 2.05) is 0 Å². The summed E-state index contributed by atoms with van der Waals surface area (Å²) in [7, 11) is 0. The number of carbonyl (C=O) groups is 2. The second kappa shape index (κ2) is 5.79. The van der Waals surface area contributed by atoms with Crippen molar-refractivity contribution in [2.75, 3.05) is 6.54 Å². The maximum Gasteiger partial charge on any atom is 0.237 e. The molecule has 0 saturated carbocycles. The standard InChI is InChI=1S/C13H17N3O4/c14-9(3-7-1-2-10(17)11(18)4-7)13(20)16-8-5-12(19)15-6-8/h1-2,4,8-9,17-18H,3,5-6,14H2,(H,15,19)(H,16,20)/t8?,9-/m0/s1. The first-order valence-corrected chi connectivity index (χ1v) is 6.29. The van der Waals surface area contributed by atoms with Gasteiger partial charge in [0.15, 0.2) is 11.5 Å². The van der Waals surface area contributed by atoms with E-state index in [-0.39, 0.29) is 42.2 Å². The lowest BCUT2D eigenvalue weighted by atomic mass is 10.0. The summed E-state index contributed by atoms with van der Waals surface area (Å²) < 4.78 is 0. The van der Waals surface area contributed by atoms with E-state index >= 15 is 0 Å². The van der Waals surface area contributed by atoms with E-state index in [4.69, 9.17) is 5.73 Å². The second-order valence-electron chi connectivity index (χ2n) is 4.85. The van der Waals surface area contributed by atoms with Crippen molar-refractivity contribution in [3.05, 3.63) is 23.8 Å². The van der Waals surface area contributed by atoms with Crippen LogP contribution in [0.1, 0.15) is 12.0 Å². The Morgan fingerprint density at radius 1 is 1.45 bits per heavy atom.